The summed E-state index contributed by atoms with van der Waals surface area (Å²) in [5, 5.41) is 0. The first-order valence-corrected chi connectivity index (χ1v) is 7.91. The maximum atomic E-state index is 15.1. The van der Waals surface area contributed by atoms with E-state index in [1.54, 1.807) is 0 Å². The lowest BCUT2D eigenvalue weighted by Gasteiger charge is -2.46. The van der Waals surface area contributed by atoms with Crippen LogP contribution in [0.5, 0.6) is 0 Å². The zero-order chi connectivity index (χ0) is 20.5. The van der Waals surface area contributed by atoms with Gasteiger partial charge in [0.25, 0.3) is 0 Å². The molecule has 0 heterocycles. The van der Waals surface area contributed by atoms with E-state index in [1.165, 1.54) is 12.1 Å². The molecule has 1 atom stereocenters. The Kier molecular flexibility index (Phi) is 5.56. The van der Waals surface area contributed by atoms with Crippen molar-refractivity contribution in [2.75, 3.05) is 0 Å². The molecule has 0 amide bonds. The Bertz CT molecular complexity index is 703. The molecule has 0 radical (unpaired) electrons. The van der Waals surface area contributed by atoms with Gasteiger partial charge in [-0.05, 0) is 24.3 Å². The number of halogens is 8. The second-order valence-corrected chi connectivity index (χ2v) is 5.85. The van der Waals surface area contributed by atoms with Gasteiger partial charge in [0.05, 0.1) is 0 Å². The number of benzene rings is 2. The molecule has 2 aromatic carbocycles. The van der Waals surface area contributed by atoms with E-state index in [1.807, 2.05) is 0 Å². The van der Waals surface area contributed by atoms with Crippen LogP contribution in [-0.2, 0) is 0 Å². The van der Waals surface area contributed by atoms with E-state index in [4.69, 9.17) is 0 Å². The minimum Gasteiger partial charge on any atom is -0.185 e. The average molecular weight is 398 g/mol. The fourth-order valence-corrected chi connectivity index (χ4v) is 2.96. The van der Waals surface area contributed by atoms with Gasteiger partial charge in [-0.1, -0.05) is 43.3 Å². The Morgan fingerprint density at radius 1 is 0.741 bits per heavy atom. The van der Waals surface area contributed by atoms with Crippen molar-refractivity contribution in [1.82, 2.24) is 4.48 Å². The summed E-state index contributed by atoms with van der Waals surface area (Å²) < 4.78 is 109. The third kappa shape index (κ3) is 3.07. The van der Waals surface area contributed by atoms with Gasteiger partial charge in [0.1, 0.15) is 11.4 Å². The van der Waals surface area contributed by atoms with Gasteiger partial charge in [-0.25, -0.2) is 0 Å². The minimum atomic E-state index is -6.59. The number of hydrogen-bond acceptors (Lipinski definition) is 0. The van der Waals surface area contributed by atoms with E-state index in [9.17, 15) is 22.0 Å². The average Bonchev–Trinajstić information content (AvgIpc) is 2.62. The van der Waals surface area contributed by atoms with Crippen LogP contribution in [0.1, 0.15) is 13.3 Å². The highest BCUT2D eigenvalue weighted by atomic mass is 19.4. The molecule has 0 fully saturated rings. The van der Waals surface area contributed by atoms with E-state index in [-0.39, 0.29) is 0 Å². The fourth-order valence-electron chi connectivity index (χ4n) is 2.96. The molecule has 0 N–H and O–H groups in total. The third-order valence-corrected chi connectivity index (χ3v) is 4.26. The van der Waals surface area contributed by atoms with Crippen molar-refractivity contribution < 1.29 is 35.1 Å². The number of quaternary nitrogens is 1. The lowest BCUT2D eigenvalue weighted by Crippen LogP contribution is -2.72. The van der Waals surface area contributed by atoms with E-state index in [2.05, 4.69) is 0 Å². The number of nitrogens with zero attached hydrogens (tertiary/aromatic N) is 1. The molecule has 0 aliphatic rings. The molecule has 0 saturated heterocycles. The quantitative estimate of drug-likeness (QED) is 0.285. The van der Waals surface area contributed by atoms with Gasteiger partial charge < -0.3 is 0 Å². The smallest absolute Gasteiger partial charge is 0.185 e. The van der Waals surface area contributed by atoms with E-state index in [0.717, 1.165) is 55.5 Å². The predicted molar refractivity (Wildman–Crippen MR) is 85.5 cm³/mol. The second kappa shape index (κ2) is 7.10. The summed E-state index contributed by atoms with van der Waals surface area (Å²) >= 11 is 0. The zero-order valence-corrected chi connectivity index (χ0v) is 14.0. The highest BCUT2D eigenvalue weighted by Crippen LogP contribution is 2.57. The van der Waals surface area contributed by atoms with Crippen LogP contribution in [0.4, 0.5) is 46.5 Å². The van der Waals surface area contributed by atoms with Crippen molar-refractivity contribution >= 4 is 11.4 Å². The van der Waals surface area contributed by atoms with Crippen LogP contribution in [0, 0.1) is 0 Å². The molecule has 1 unspecified atom stereocenters. The second-order valence-electron chi connectivity index (χ2n) is 5.85. The molecular formula is C18H16F8N+. The normalized spacial score (nSPS) is 14.9. The minimum absolute atomic E-state index is 0.729. The SMILES string of the molecule is CCC(F)[N+](c1ccccc1)(c1ccccc1)C(F)(F)C(F)(F)C(F)(F)F. The van der Waals surface area contributed by atoms with Crippen molar-refractivity contribution in [3.05, 3.63) is 60.7 Å². The van der Waals surface area contributed by atoms with E-state index >= 15 is 13.2 Å². The van der Waals surface area contributed by atoms with Gasteiger partial charge in [-0.3, -0.25) is 0 Å². The van der Waals surface area contributed by atoms with Crippen molar-refractivity contribution in [1.29, 1.82) is 0 Å². The summed E-state index contributed by atoms with van der Waals surface area (Å²) in [7, 11) is 0. The lowest BCUT2D eigenvalue weighted by molar-refractivity contribution is -0.386. The maximum Gasteiger partial charge on any atom is 0.476 e. The van der Waals surface area contributed by atoms with Crippen LogP contribution in [0.2, 0.25) is 0 Å². The van der Waals surface area contributed by atoms with Gasteiger partial charge in [-0.15, -0.1) is 8.78 Å². The fraction of sp³-hybridized carbons (Fsp3) is 0.333. The monoisotopic (exact) mass is 398 g/mol. The van der Waals surface area contributed by atoms with Crippen LogP contribution in [0.3, 0.4) is 0 Å². The van der Waals surface area contributed by atoms with Crippen LogP contribution in [0.25, 0.3) is 0 Å². The first-order valence-electron chi connectivity index (χ1n) is 7.91. The molecule has 0 saturated carbocycles. The molecule has 0 bridgehead atoms. The number of para-hydroxylation sites is 2. The van der Waals surface area contributed by atoms with Gasteiger partial charge in [0, 0.05) is 6.42 Å². The summed E-state index contributed by atoms with van der Waals surface area (Å²) in [5.41, 5.74) is -1.46. The first kappa shape index (κ1) is 21.1. The summed E-state index contributed by atoms with van der Waals surface area (Å²) in [4.78, 5) is 0. The molecule has 1 nitrogen and oxygen atoms in total. The summed E-state index contributed by atoms with van der Waals surface area (Å²) in [6.07, 6.45) is -10.1. The molecule has 0 aromatic heterocycles. The molecule has 0 spiro atoms. The standard InChI is InChI=1S/C18H16F8N/c1-2-15(19)27(13-9-5-3-6-10-13,14-11-7-4-8-12-14)18(25,26)16(20,21)17(22,23)24/h3-12,15H,2H2,1H3/q+1. The Morgan fingerprint density at radius 3 is 1.41 bits per heavy atom. The lowest BCUT2D eigenvalue weighted by atomic mass is 10.0. The highest BCUT2D eigenvalue weighted by molar-refractivity contribution is 5.60. The van der Waals surface area contributed by atoms with Gasteiger partial charge in [0.15, 0.2) is 0 Å². The molecule has 2 aromatic rings. The van der Waals surface area contributed by atoms with Crippen molar-refractivity contribution in [2.24, 2.45) is 0 Å². The van der Waals surface area contributed by atoms with Gasteiger partial charge in [0.2, 0.25) is 6.30 Å². The zero-order valence-electron chi connectivity index (χ0n) is 14.0. The predicted octanol–water partition coefficient (Wildman–Crippen LogP) is 6.82. The molecule has 0 aliphatic carbocycles. The Morgan fingerprint density at radius 2 is 1.11 bits per heavy atom. The third-order valence-electron chi connectivity index (χ3n) is 4.26. The molecule has 9 heteroatoms. The van der Waals surface area contributed by atoms with E-state index in [0.29, 0.717) is 0 Å². The summed E-state index contributed by atoms with van der Waals surface area (Å²) in [5.74, 6) is -6.49. The molecule has 0 aliphatic heterocycles. The number of alkyl halides is 8. The first-order chi connectivity index (χ1) is 12.4. The molecular weight excluding hydrogens is 382 g/mol. The number of rotatable bonds is 6. The van der Waals surface area contributed by atoms with Crippen LogP contribution in [0.15, 0.2) is 60.7 Å². The van der Waals surface area contributed by atoms with Gasteiger partial charge >= 0.3 is 18.1 Å². The maximum absolute atomic E-state index is 15.1. The molecule has 27 heavy (non-hydrogen) atoms. The van der Waals surface area contributed by atoms with Crippen LogP contribution in [-0.4, -0.2) is 24.4 Å². The highest BCUT2D eigenvalue weighted by Gasteiger charge is 2.84. The Labute approximate surface area is 150 Å². The van der Waals surface area contributed by atoms with Crippen LogP contribution < -0.4 is 4.48 Å². The largest absolute Gasteiger partial charge is 0.476 e. The Hall–Kier alpha value is -2.16. The summed E-state index contributed by atoms with van der Waals surface area (Å²) in [6.45, 7) is 1.09. The van der Waals surface area contributed by atoms with Crippen molar-refractivity contribution in [3.63, 3.8) is 0 Å². The molecule has 2 rings (SSSR count). The van der Waals surface area contributed by atoms with Gasteiger partial charge in [-0.2, -0.15) is 30.8 Å². The molecule has 148 valence electrons. The van der Waals surface area contributed by atoms with Crippen LogP contribution >= 0.6 is 0 Å². The number of hydrogen-bond donors (Lipinski definition) is 0. The van der Waals surface area contributed by atoms with Crippen molar-refractivity contribution in [3.8, 4) is 0 Å². The Balaban J connectivity index is 2.96. The van der Waals surface area contributed by atoms with E-state index < -0.39 is 46.7 Å². The van der Waals surface area contributed by atoms with Crippen molar-refractivity contribution in [2.45, 2.75) is 37.8 Å². The topological polar surface area (TPSA) is 0 Å². The summed E-state index contributed by atoms with van der Waals surface area (Å²) in [6, 6.07) is 5.07.